The van der Waals surface area contributed by atoms with Gasteiger partial charge in [-0.1, -0.05) is 12.6 Å². The van der Waals surface area contributed by atoms with Crippen molar-refractivity contribution in [3.8, 4) is 17.8 Å². The normalized spacial score (nSPS) is 22.2. The molecule has 1 aromatic heterocycles. The van der Waals surface area contributed by atoms with Crippen molar-refractivity contribution in [1.82, 2.24) is 19.8 Å². The second kappa shape index (κ2) is 13.1. The summed E-state index contributed by atoms with van der Waals surface area (Å²) in [5.74, 6) is -0.111. The third-order valence-corrected chi connectivity index (χ3v) is 8.44. The lowest BCUT2D eigenvalue weighted by atomic mass is 9.88. The molecule has 2 atom stereocenters. The van der Waals surface area contributed by atoms with Crippen LogP contribution in [0.5, 0.6) is 11.8 Å². The van der Waals surface area contributed by atoms with E-state index < -0.39 is 5.82 Å². The number of nitrogens with zero attached hydrogens (tertiary/aromatic N) is 7. The van der Waals surface area contributed by atoms with Crippen LogP contribution >= 0.6 is 0 Å². The van der Waals surface area contributed by atoms with Gasteiger partial charge in [-0.25, -0.2) is 4.39 Å². The third-order valence-electron chi connectivity index (χ3n) is 8.44. The first-order valence-corrected chi connectivity index (χ1v) is 14.8. The zero-order valence-electron chi connectivity index (χ0n) is 25.0. The molecule has 43 heavy (non-hydrogen) atoms. The van der Waals surface area contributed by atoms with Crippen LogP contribution in [0, 0.1) is 22.6 Å². The number of benzene rings is 1. The number of fused-ring (bicyclic) bond motifs is 1. The van der Waals surface area contributed by atoms with E-state index >= 15 is 0 Å². The summed E-state index contributed by atoms with van der Waals surface area (Å²) in [6.07, 6.45) is 3.66. The molecular weight excluding hydrogens is 553 g/mol. The summed E-state index contributed by atoms with van der Waals surface area (Å²) < 4.78 is 27.0. The maximum atomic E-state index is 14.9. The maximum absolute atomic E-state index is 14.9. The van der Waals surface area contributed by atoms with Crippen molar-refractivity contribution in [2.24, 2.45) is 5.41 Å². The largest absolute Gasteiger partial charge is 0.506 e. The quantitative estimate of drug-likeness (QED) is 0.435. The number of carbonyl (C=O) groups is 1. The SMILES string of the molecule is C=CC(=O)N1CCN(c2nc(OCC3(CN(C)C)CCOC3)nc3c2CCCN(c2c(O)cccc2F)C3)C[C@@H]1CC#N. The van der Waals surface area contributed by atoms with Gasteiger partial charge in [0.2, 0.25) is 5.91 Å². The number of hydrogen-bond acceptors (Lipinski definition) is 10. The molecule has 5 rings (SSSR count). The Morgan fingerprint density at radius 2 is 2.16 bits per heavy atom. The molecule has 1 N–H and O–H groups in total. The van der Waals surface area contributed by atoms with E-state index in [2.05, 4.69) is 22.4 Å². The highest BCUT2D eigenvalue weighted by molar-refractivity contribution is 5.87. The summed E-state index contributed by atoms with van der Waals surface area (Å²) in [5.41, 5.74) is 1.58. The Morgan fingerprint density at radius 1 is 1.33 bits per heavy atom. The Morgan fingerprint density at radius 3 is 2.86 bits per heavy atom. The number of ether oxygens (including phenoxy) is 2. The van der Waals surface area contributed by atoms with E-state index in [1.807, 2.05) is 19.0 Å². The average Bonchev–Trinajstić information content (AvgIpc) is 3.33. The smallest absolute Gasteiger partial charge is 0.318 e. The van der Waals surface area contributed by atoms with E-state index in [1.54, 1.807) is 4.90 Å². The highest BCUT2D eigenvalue weighted by Gasteiger charge is 2.38. The first kappa shape index (κ1) is 30.5. The molecule has 0 aliphatic carbocycles. The molecular formula is C31H40FN7O4. The van der Waals surface area contributed by atoms with Crippen LogP contribution in [-0.4, -0.2) is 103 Å². The summed E-state index contributed by atoms with van der Waals surface area (Å²) in [5, 5.41) is 20.1. The zero-order chi connectivity index (χ0) is 30.6. The van der Waals surface area contributed by atoms with E-state index in [4.69, 9.17) is 19.4 Å². The van der Waals surface area contributed by atoms with Crippen molar-refractivity contribution in [3.05, 3.63) is 47.9 Å². The van der Waals surface area contributed by atoms with Gasteiger partial charge >= 0.3 is 6.01 Å². The molecule has 0 radical (unpaired) electrons. The molecule has 3 aliphatic rings. The number of amides is 1. The monoisotopic (exact) mass is 593 g/mol. The van der Waals surface area contributed by atoms with E-state index in [0.717, 1.165) is 18.5 Å². The first-order chi connectivity index (χ1) is 20.7. The minimum absolute atomic E-state index is 0.122. The lowest BCUT2D eigenvalue weighted by Gasteiger charge is -2.41. The Balaban J connectivity index is 1.51. The molecule has 0 saturated carbocycles. The van der Waals surface area contributed by atoms with Crippen molar-refractivity contribution in [2.45, 2.75) is 38.3 Å². The number of para-hydroxylation sites is 1. The van der Waals surface area contributed by atoms with Crippen LogP contribution < -0.4 is 14.5 Å². The number of phenols is 1. The van der Waals surface area contributed by atoms with E-state index in [-0.39, 0.29) is 47.8 Å². The molecule has 1 aromatic carbocycles. The van der Waals surface area contributed by atoms with Crippen LogP contribution in [0.1, 0.15) is 30.5 Å². The number of piperazine rings is 1. The summed E-state index contributed by atoms with van der Waals surface area (Å²) in [6, 6.07) is 6.42. The summed E-state index contributed by atoms with van der Waals surface area (Å²) >= 11 is 0. The first-order valence-electron chi connectivity index (χ1n) is 14.8. The lowest BCUT2D eigenvalue weighted by Crippen LogP contribution is -2.55. The standard InChI is InChI=1S/C31H40FN7O4/c1-4-27(41)39-15-14-38(17-22(39)10-12-33)29-23-7-6-13-37(28-24(32)8-5-9-26(28)40)18-25(23)34-30(35-29)43-21-31(19-36(2)3)11-16-42-20-31/h4-5,8-9,22,40H,1,6-7,10-11,13-21H2,2-3H3/t22-,31?/m0/s1. The predicted molar refractivity (Wildman–Crippen MR) is 160 cm³/mol. The molecule has 0 spiro atoms. The molecule has 1 unspecified atom stereocenters. The summed E-state index contributed by atoms with van der Waals surface area (Å²) in [4.78, 5) is 30.1. The van der Waals surface area contributed by atoms with Crippen molar-refractivity contribution in [3.63, 3.8) is 0 Å². The maximum Gasteiger partial charge on any atom is 0.318 e. The van der Waals surface area contributed by atoms with Crippen LogP contribution in [0.25, 0.3) is 0 Å². The Kier molecular flexibility index (Phi) is 9.32. The van der Waals surface area contributed by atoms with Crippen LogP contribution in [0.4, 0.5) is 15.9 Å². The van der Waals surface area contributed by atoms with E-state index in [1.165, 1.54) is 24.3 Å². The second-order valence-corrected chi connectivity index (χ2v) is 11.9. The number of halogens is 1. The molecule has 11 nitrogen and oxygen atoms in total. The van der Waals surface area contributed by atoms with Gasteiger partial charge in [0.05, 0.1) is 37.4 Å². The van der Waals surface area contributed by atoms with E-state index in [0.29, 0.717) is 70.4 Å². The number of nitriles is 1. The average molecular weight is 594 g/mol. The highest BCUT2D eigenvalue weighted by atomic mass is 19.1. The molecule has 12 heteroatoms. The molecule has 0 bridgehead atoms. The molecule has 230 valence electrons. The van der Waals surface area contributed by atoms with Gasteiger partial charge in [0.15, 0.2) is 0 Å². The fourth-order valence-corrected chi connectivity index (χ4v) is 6.48. The van der Waals surface area contributed by atoms with Crippen molar-refractivity contribution >= 4 is 17.4 Å². The van der Waals surface area contributed by atoms with Crippen LogP contribution in [0.15, 0.2) is 30.9 Å². The summed E-state index contributed by atoms with van der Waals surface area (Å²) in [6.45, 7) is 8.18. The number of aromatic nitrogens is 2. The van der Waals surface area contributed by atoms with Crippen LogP contribution in [-0.2, 0) is 22.5 Å². The zero-order valence-corrected chi connectivity index (χ0v) is 25.0. The fourth-order valence-electron chi connectivity index (χ4n) is 6.48. The Hall–Kier alpha value is -3.95. The second-order valence-electron chi connectivity index (χ2n) is 11.9. The number of anilines is 2. The predicted octanol–water partition coefficient (Wildman–Crippen LogP) is 2.74. The number of carbonyl (C=O) groups excluding carboxylic acids is 1. The number of phenolic OH excluding ortho intramolecular Hbond substituents is 1. The Bertz CT molecular complexity index is 1350. The van der Waals surface area contributed by atoms with Crippen LogP contribution in [0.3, 0.4) is 0 Å². The van der Waals surface area contributed by atoms with Gasteiger partial charge in [0, 0.05) is 50.3 Å². The van der Waals surface area contributed by atoms with Crippen molar-refractivity contribution in [2.75, 3.05) is 76.4 Å². The molecule has 1 amide bonds. The molecule has 2 saturated heterocycles. The minimum Gasteiger partial charge on any atom is -0.506 e. The highest BCUT2D eigenvalue weighted by Crippen LogP contribution is 2.37. The third kappa shape index (κ3) is 6.68. The van der Waals surface area contributed by atoms with Gasteiger partial charge < -0.3 is 34.2 Å². The molecule has 2 aromatic rings. The van der Waals surface area contributed by atoms with Crippen LogP contribution in [0.2, 0.25) is 0 Å². The number of hydrogen-bond donors (Lipinski definition) is 1. The van der Waals surface area contributed by atoms with Gasteiger partial charge in [-0.2, -0.15) is 15.2 Å². The van der Waals surface area contributed by atoms with Gasteiger partial charge in [-0.15, -0.1) is 0 Å². The minimum atomic E-state index is -0.497. The van der Waals surface area contributed by atoms with Gasteiger partial charge in [-0.3, -0.25) is 4.79 Å². The fraction of sp³-hybridized carbons (Fsp3) is 0.548. The lowest BCUT2D eigenvalue weighted by molar-refractivity contribution is -0.128. The number of rotatable bonds is 9. The van der Waals surface area contributed by atoms with E-state index in [9.17, 15) is 19.6 Å². The Labute approximate surface area is 252 Å². The number of aromatic hydroxyl groups is 1. The van der Waals surface area contributed by atoms with Crippen molar-refractivity contribution < 1.29 is 23.8 Å². The van der Waals surface area contributed by atoms with Gasteiger partial charge in [-0.05, 0) is 51.6 Å². The summed E-state index contributed by atoms with van der Waals surface area (Å²) in [7, 11) is 4.05. The topological polar surface area (TPSA) is 118 Å². The van der Waals surface area contributed by atoms with Crippen molar-refractivity contribution in [1.29, 1.82) is 5.26 Å². The molecule has 2 fully saturated rings. The molecule has 4 heterocycles. The molecule has 3 aliphatic heterocycles. The van der Waals surface area contributed by atoms with Gasteiger partial charge in [0.25, 0.3) is 0 Å². The van der Waals surface area contributed by atoms with Gasteiger partial charge in [0.1, 0.15) is 29.7 Å².